The molecule has 3 rings (SSSR count). The summed E-state index contributed by atoms with van der Waals surface area (Å²) in [7, 11) is 0. The fourth-order valence-corrected chi connectivity index (χ4v) is 3.70. The summed E-state index contributed by atoms with van der Waals surface area (Å²) in [5.74, 6) is 0.249. The predicted octanol–water partition coefficient (Wildman–Crippen LogP) is 4.44. The maximum absolute atomic E-state index is 13.0. The molecular weight excluding hydrogens is 348 g/mol. The van der Waals surface area contributed by atoms with E-state index in [1.165, 1.54) is 5.56 Å². The van der Waals surface area contributed by atoms with Gasteiger partial charge in [0.25, 0.3) is 0 Å². The Morgan fingerprint density at radius 1 is 1.00 bits per heavy atom. The van der Waals surface area contributed by atoms with E-state index >= 15 is 0 Å². The van der Waals surface area contributed by atoms with Crippen molar-refractivity contribution in [2.75, 3.05) is 18.4 Å². The van der Waals surface area contributed by atoms with E-state index in [0.717, 1.165) is 43.6 Å². The van der Waals surface area contributed by atoms with Crippen molar-refractivity contribution in [2.45, 2.75) is 40.0 Å². The third kappa shape index (κ3) is 4.80. The second kappa shape index (κ2) is 8.59. The van der Waals surface area contributed by atoms with E-state index in [-0.39, 0.29) is 11.8 Å². The highest BCUT2D eigenvalue weighted by Crippen LogP contribution is 2.27. The number of anilines is 1. The third-order valence-corrected chi connectivity index (χ3v) is 5.68. The number of hydrogen-bond donors (Lipinski definition) is 1. The molecule has 1 aliphatic heterocycles. The molecule has 0 aliphatic carbocycles. The Bertz CT molecular complexity index is 804. The maximum Gasteiger partial charge on any atom is 0.239 e. The highest BCUT2D eigenvalue weighted by atomic mass is 16.2. The van der Waals surface area contributed by atoms with Gasteiger partial charge in [0.2, 0.25) is 11.8 Å². The first-order chi connectivity index (χ1) is 13.4. The molecule has 0 aromatic heterocycles. The number of aryl methyl sites for hydroxylation is 1. The molecule has 0 spiro atoms. The summed E-state index contributed by atoms with van der Waals surface area (Å²) in [6, 6.07) is 18.1. The van der Waals surface area contributed by atoms with E-state index in [0.29, 0.717) is 5.92 Å². The van der Waals surface area contributed by atoms with Gasteiger partial charge in [-0.3, -0.25) is 9.59 Å². The molecule has 1 fully saturated rings. The molecule has 0 radical (unpaired) electrons. The number of amides is 2. The lowest BCUT2D eigenvalue weighted by Crippen LogP contribution is -2.50. The molecule has 1 aliphatic rings. The van der Waals surface area contributed by atoms with E-state index in [4.69, 9.17) is 0 Å². The minimum Gasteiger partial charge on any atom is -0.342 e. The van der Waals surface area contributed by atoms with Crippen molar-refractivity contribution in [2.24, 2.45) is 11.3 Å². The van der Waals surface area contributed by atoms with Crippen molar-refractivity contribution >= 4 is 17.5 Å². The quantitative estimate of drug-likeness (QED) is 0.782. The summed E-state index contributed by atoms with van der Waals surface area (Å²) in [4.78, 5) is 27.6. The zero-order valence-corrected chi connectivity index (χ0v) is 17.1. The van der Waals surface area contributed by atoms with Gasteiger partial charge >= 0.3 is 0 Å². The number of nitrogens with one attached hydrogen (secondary N) is 1. The number of hydrogen-bond acceptors (Lipinski definition) is 2. The van der Waals surface area contributed by atoms with Gasteiger partial charge in [-0.2, -0.15) is 0 Å². The van der Waals surface area contributed by atoms with Gasteiger partial charge < -0.3 is 10.2 Å². The van der Waals surface area contributed by atoms with Crippen LogP contribution in [0.1, 0.15) is 37.8 Å². The van der Waals surface area contributed by atoms with Gasteiger partial charge in [-0.1, -0.05) is 48.0 Å². The standard InChI is InChI=1S/C24H30N2O2/c1-18-9-11-21(12-10-18)25-22(27)24(2,3)23(28)26-15-13-20(14-16-26)17-19-7-5-4-6-8-19/h4-12,20H,13-17H2,1-3H3,(H,25,27). The molecule has 148 valence electrons. The molecule has 0 atom stereocenters. The first-order valence-corrected chi connectivity index (χ1v) is 10.1. The van der Waals surface area contributed by atoms with E-state index in [1.54, 1.807) is 13.8 Å². The Hall–Kier alpha value is -2.62. The van der Waals surface area contributed by atoms with Crippen LogP contribution in [0.5, 0.6) is 0 Å². The third-order valence-electron chi connectivity index (χ3n) is 5.68. The van der Waals surface area contributed by atoms with E-state index < -0.39 is 5.41 Å². The Kier molecular flexibility index (Phi) is 6.18. The molecule has 4 heteroatoms. The highest BCUT2D eigenvalue weighted by Gasteiger charge is 2.40. The van der Waals surface area contributed by atoms with E-state index in [2.05, 4.69) is 29.6 Å². The van der Waals surface area contributed by atoms with E-state index in [9.17, 15) is 9.59 Å². The molecule has 0 bridgehead atoms. The smallest absolute Gasteiger partial charge is 0.239 e. The summed E-state index contributed by atoms with van der Waals surface area (Å²) in [6.07, 6.45) is 3.02. The molecule has 1 saturated heterocycles. The predicted molar refractivity (Wildman–Crippen MR) is 113 cm³/mol. The van der Waals surface area contributed by atoms with Crippen molar-refractivity contribution < 1.29 is 9.59 Å². The molecule has 1 N–H and O–H groups in total. The summed E-state index contributed by atoms with van der Waals surface area (Å²) in [5.41, 5.74) is 2.12. The van der Waals surface area contributed by atoms with Crippen molar-refractivity contribution in [1.82, 2.24) is 4.90 Å². The van der Waals surface area contributed by atoms with Crippen molar-refractivity contribution in [3.63, 3.8) is 0 Å². The van der Waals surface area contributed by atoms with Crippen LogP contribution in [0.3, 0.4) is 0 Å². The lowest BCUT2D eigenvalue weighted by atomic mass is 9.86. The SMILES string of the molecule is Cc1ccc(NC(=O)C(C)(C)C(=O)N2CCC(Cc3ccccc3)CC2)cc1. The molecule has 4 nitrogen and oxygen atoms in total. The van der Waals surface area contributed by atoms with Crippen LogP contribution in [-0.4, -0.2) is 29.8 Å². The van der Waals surface area contributed by atoms with Crippen molar-refractivity contribution in [1.29, 1.82) is 0 Å². The Balaban J connectivity index is 1.55. The van der Waals surface area contributed by atoms with E-state index in [1.807, 2.05) is 42.2 Å². The average molecular weight is 379 g/mol. The molecule has 0 saturated carbocycles. The second-order valence-electron chi connectivity index (χ2n) is 8.37. The first kappa shape index (κ1) is 20.1. The lowest BCUT2D eigenvalue weighted by Gasteiger charge is -2.36. The number of carbonyl (C=O) groups is 2. The normalized spacial score (nSPS) is 15.3. The van der Waals surface area contributed by atoms with Crippen molar-refractivity contribution in [3.05, 3.63) is 65.7 Å². The minimum absolute atomic E-state index is 0.0877. The van der Waals surface area contributed by atoms with Gasteiger partial charge in [0, 0.05) is 18.8 Å². The Labute approximate surface area is 167 Å². The van der Waals surface area contributed by atoms with Gasteiger partial charge in [0.15, 0.2) is 0 Å². The number of likely N-dealkylation sites (tertiary alicyclic amines) is 1. The van der Waals surface area contributed by atoms with Crippen LogP contribution in [0.4, 0.5) is 5.69 Å². The first-order valence-electron chi connectivity index (χ1n) is 10.1. The number of rotatable bonds is 5. The topological polar surface area (TPSA) is 49.4 Å². The van der Waals surface area contributed by atoms with Crippen LogP contribution >= 0.6 is 0 Å². The lowest BCUT2D eigenvalue weighted by molar-refractivity contribution is -0.147. The molecule has 2 amide bonds. The Morgan fingerprint density at radius 2 is 1.61 bits per heavy atom. The number of piperidine rings is 1. The van der Waals surface area contributed by atoms with Crippen LogP contribution in [0.25, 0.3) is 0 Å². The number of nitrogens with zero attached hydrogens (tertiary/aromatic N) is 1. The highest BCUT2D eigenvalue weighted by molar-refractivity contribution is 6.09. The van der Waals surface area contributed by atoms with Crippen LogP contribution in [0, 0.1) is 18.3 Å². The van der Waals surface area contributed by atoms with Crippen LogP contribution < -0.4 is 5.32 Å². The zero-order chi connectivity index (χ0) is 20.1. The van der Waals surface area contributed by atoms with Gasteiger partial charge in [-0.15, -0.1) is 0 Å². The molecule has 28 heavy (non-hydrogen) atoms. The summed E-state index contributed by atoms with van der Waals surface area (Å²) in [6.45, 7) is 6.87. The van der Waals surface area contributed by atoms with Crippen LogP contribution in [0.15, 0.2) is 54.6 Å². The monoisotopic (exact) mass is 378 g/mol. The number of carbonyl (C=O) groups excluding carboxylic acids is 2. The molecular formula is C24H30N2O2. The summed E-state index contributed by atoms with van der Waals surface area (Å²) >= 11 is 0. The molecule has 0 unspecified atom stereocenters. The molecule has 2 aromatic carbocycles. The fourth-order valence-electron chi connectivity index (χ4n) is 3.70. The minimum atomic E-state index is -1.09. The van der Waals surface area contributed by atoms with Gasteiger partial charge in [-0.25, -0.2) is 0 Å². The Morgan fingerprint density at radius 3 is 2.21 bits per heavy atom. The number of benzene rings is 2. The van der Waals surface area contributed by atoms with Crippen LogP contribution in [-0.2, 0) is 16.0 Å². The van der Waals surface area contributed by atoms with Crippen molar-refractivity contribution in [3.8, 4) is 0 Å². The summed E-state index contributed by atoms with van der Waals surface area (Å²) < 4.78 is 0. The van der Waals surface area contributed by atoms with Crippen LogP contribution in [0.2, 0.25) is 0 Å². The van der Waals surface area contributed by atoms with Gasteiger partial charge in [-0.05, 0) is 63.6 Å². The average Bonchev–Trinajstić information content (AvgIpc) is 2.70. The zero-order valence-electron chi connectivity index (χ0n) is 17.1. The maximum atomic E-state index is 13.0. The molecule has 1 heterocycles. The largest absolute Gasteiger partial charge is 0.342 e. The molecule has 2 aromatic rings. The second-order valence-corrected chi connectivity index (χ2v) is 8.37. The fraction of sp³-hybridized carbons (Fsp3) is 0.417. The van der Waals surface area contributed by atoms with Gasteiger partial charge in [0.05, 0.1) is 0 Å². The van der Waals surface area contributed by atoms with Gasteiger partial charge in [0.1, 0.15) is 5.41 Å². The summed E-state index contributed by atoms with van der Waals surface area (Å²) in [5, 5.41) is 2.88.